The lowest BCUT2D eigenvalue weighted by atomic mass is 9.80. The van der Waals surface area contributed by atoms with Gasteiger partial charge in [0.25, 0.3) is 0 Å². The van der Waals surface area contributed by atoms with Crippen molar-refractivity contribution in [3.63, 3.8) is 0 Å². The summed E-state index contributed by atoms with van der Waals surface area (Å²) in [5.74, 6) is -0.473. The fourth-order valence-corrected chi connectivity index (χ4v) is 4.09. The Morgan fingerprint density at radius 3 is 2.28 bits per heavy atom. The second-order valence-corrected chi connectivity index (χ2v) is 8.17. The number of carbonyl (C=O) groups excluding carboxylic acids is 1. The van der Waals surface area contributed by atoms with Crippen LogP contribution in [0.25, 0.3) is 0 Å². The molecule has 1 aliphatic carbocycles. The highest BCUT2D eigenvalue weighted by molar-refractivity contribution is 5.75. The van der Waals surface area contributed by atoms with Gasteiger partial charge in [0.05, 0.1) is 5.92 Å². The van der Waals surface area contributed by atoms with E-state index in [2.05, 4.69) is 6.92 Å². The summed E-state index contributed by atoms with van der Waals surface area (Å²) in [6.07, 6.45) is 8.83. The summed E-state index contributed by atoms with van der Waals surface area (Å²) in [7, 11) is 0. The lowest BCUT2D eigenvalue weighted by molar-refractivity contribution is -0.140. The molecule has 1 saturated carbocycles. The Balaban J connectivity index is 1.50. The zero-order valence-corrected chi connectivity index (χ0v) is 17.1. The quantitative estimate of drug-likeness (QED) is 0.366. The average molecular weight is 401 g/mol. The molecule has 0 unspecified atom stereocenters. The molecule has 1 aliphatic rings. The van der Waals surface area contributed by atoms with Crippen LogP contribution in [0.4, 0.5) is 8.78 Å². The van der Waals surface area contributed by atoms with Crippen LogP contribution in [0.5, 0.6) is 5.75 Å². The van der Waals surface area contributed by atoms with E-state index >= 15 is 0 Å². The van der Waals surface area contributed by atoms with Crippen LogP contribution in [-0.4, -0.2) is 5.97 Å². The molecule has 4 heteroatoms. The standard InChI is InChI=1S/C25H30F2O2/c1-2-3-4-18-7-12-21(13-8-18)25(28)29-24-16-11-20(17-23(24)27)6-5-19-9-14-22(26)15-10-19/h9-11,14-18,21H,2-8,12-13H2,1H3. The lowest BCUT2D eigenvalue weighted by Crippen LogP contribution is -2.26. The minimum absolute atomic E-state index is 0.00800. The van der Waals surface area contributed by atoms with Crippen molar-refractivity contribution in [3.05, 3.63) is 65.2 Å². The first-order valence-electron chi connectivity index (χ1n) is 10.8. The van der Waals surface area contributed by atoms with Gasteiger partial charge in [-0.3, -0.25) is 4.79 Å². The number of aryl methyl sites for hydroxylation is 2. The number of hydrogen-bond donors (Lipinski definition) is 0. The molecule has 0 aliphatic heterocycles. The molecule has 0 atom stereocenters. The van der Waals surface area contributed by atoms with E-state index in [4.69, 9.17) is 4.74 Å². The van der Waals surface area contributed by atoms with Gasteiger partial charge in [-0.15, -0.1) is 0 Å². The van der Waals surface area contributed by atoms with Crippen molar-refractivity contribution in [2.75, 3.05) is 0 Å². The molecule has 0 aromatic heterocycles. The van der Waals surface area contributed by atoms with Crippen LogP contribution in [0.3, 0.4) is 0 Å². The van der Waals surface area contributed by atoms with Crippen molar-refractivity contribution in [2.45, 2.75) is 64.7 Å². The maximum absolute atomic E-state index is 14.4. The topological polar surface area (TPSA) is 26.3 Å². The van der Waals surface area contributed by atoms with Crippen molar-refractivity contribution in [3.8, 4) is 5.75 Å². The Kier molecular flexibility index (Phi) is 7.79. The molecule has 0 spiro atoms. The third-order valence-electron chi connectivity index (χ3n) is 5.97. The summed E-state index contributed by atoms with van der Waals surface area (Å²) >= 11 is 0. The van der Waals surface area contributed by atoms with Crippen LogP contribution in [0.15, 0.2) is 42.5 Å². The third kappa shape index (κ3) is 6.38. The smallest absolute Gasteiger partial charge is 0.314 e. The fourth-order valence-electron chi connectivity index (χ4n) is 4.09. The molecule has 2 nitrogen and oxygen atoms in total. The second kappa shape index (κ2) is 10.5. The van der Waals surface area contributed by atoms with Crippen molar-refractivity contribution in [1.82, 2.24) is 0 Å². The molecule has 29 heavy (non-hydrogen) atoms. The van der Waals surface area contributed by atoms with Crippen molar-refractivity contribution in [1.29, 1.82) is 0 Å². The van der Waals surface area contributed by atoms with Gasteiger partial charge in [-0.1, -0.05) is 44.4 Å². The van der Waals surface area contributed by atoms with E-state index in [0.717, 1.165) is 42.7 Å². The second-order valence-electron chi connectivity index (χ2n) is 8.17. The number of esters is 1. The molecule has 0 saturated heterocycles. The number of rotatable bonds is 8. The summed E-state index contributed by atoms with van der Waals surface area (Å²) in [5.41, 5.74) is 1.82. The van der Waals surface area contributed by atoms with E-state index in [1.54, 1.807) is 24.3 Å². The predicted octanol–water partition coefficient (Wildman–Crippen LogP) is 6.65. The molecule has 0 N–H and O–H groups in total. The van der Waals surface area contributed by atoms with Crippen molar-refractivity contribution in [2.24, 2.45) is 11.8 Å². The van der Waals surface area contributed by atoms with E-state index in [1.807, 2.05) is 0 Å². The van der Waals surface area contributed by atoms with Gasteiger partial charge in [-0.25, -0.2) is 8.78 Å². The summed E-state index contributed by atoms with van der Waals surface area (Å²) in [4.78, 5) is 12.4. The summed E-state index contributed by atoms with van der Waals surface area (Å²) in [5, 5.41) is 0. The van der Waals surface area contributed by atoms with Gasteiger partial charge in [-0.05, 0) is 79.8 Å². The van der Waals surface area contributed by atoms with E-state index in [9.17, 15) is 13.6 Å². The Labute approximate surface area is 172 Å². The number of ether oxygens (including phenoxy) is 1. The molecule has 0 bridgehead atoms. The lowest BCUT2D eigenvalue weighted by Gasteiger charge is -2.27. The van der Waals surface area contributed by atoms with Gasteiger partial charge in [0.1, 0.15) is 5.82 Å². The number of carbonyl (C=O) groups is 1. The SMILES string of the molecule is CCCCC1CCC(C(=O)Oc2ccc(CCc3ccc(F)cc3)cc2F)CC1. The Morgan fingerprint density at radius 1 is 0.966 bits per heavy atom. The Hall–Kier alpha value is -2.23. The van der Waals surface area contributed by atoms with E-state index < -0.39 is 5.82 Å². The molecular weight excluding hydrogens is 370 g/mol. The minimum atomic E-state index is -0.508. The molecule has 0 radical (unpaired) electrons. The highest BCUT2D eigenvalue weighted by Crippen LogP contribution is 2.33. The highest BCUT2D eigenvalue weighted by atomic mass is 19.1. The minimum Gasteiger partial charge on any atom is -0.423 e. The van der Waals surface area contributed by atoms with E-state index in [0.29, 0.717) is 12.8 Å². The molecular formula is C25H30F2O2. The zero-order valence-electron chi connectivity index (χ0n) is 17.1. The van der Waals surface area contributed by atoms with Crippen LogP contribution < -0.4 is 4.74 Å². The van der Waals surface area contributed by atoms with Crippen LogP contribution in [0.1, 0.15) is 63.0 Å². The molecule has 0 heterocycles. The van der Waals surface area contributed by atoms with Gasteiger partial charge < -0.3 is 4.74 Å². The van der Waals surface area contributed by atoms with Gasteiger partial charge in [0, 0.05) is 0 Å². The van der Waals surface area contributed by atoms with Crippen LogP contribution >= 0.6 is 0 Å². The normalized spacial score (nSPS) is 19.1. The monoisotopic (exact) mass is 400 g/mol. The molecule has 156 valence electrons. The zero-order chi connectivity index (χ0) is 20.6. The van der Waals surface area contributed by atoms with Crippen LogP contribution in [-0.2, 0) is 17.6 Å². The maximum Gasteiger partial charge on any atom is 0.314 e. The maximum atomic E-state index is 14.4. The fraction of sp³-hybridized carbons (Fsp3) is 0.480. The van der Waals surface area contributed by atoms with Gasteiger partial charge >= 0.3 is 5.97 Å². The van der Waals surface area contributed by atoms with Gasteiger partial charge in [-0.2, -0.15) is 0 Å². The first kappa shape index (κ1) is 21.5. The highest BCUT2D eigenvalue weighted by Gasteiger charge is 2.28. The Bertz CT molecular complexity index is 793. The van der Waals surface area contributed by atoms with Crippen LogP contribution in [0.2, 0.25) is 0 Å². The predicted molar refractivity (Wildman–Crippen MR) is 111 cm³/mol. The third-order valence-corrected chi connectivity index (χ3v) is 5.97. The summed E-state index contributed by atoms with van der Waals surface area (Å²) < 4.78 is 32.8. The number of halogens is 2. The van der Waals surface area contributed by atoms with Crippen LogP contribution in [0, 0.1) is 23.5 Å². The van der Waals surface area contributed by atoms with E-state index in [-0.39, 0.29) is 23.5 Å². The first-order valence-corrected chi connectivity index (χ1v) is 10.8. The number of benzene rings is 2. The molecule has 3 rings (SSSR count). The number of hydrogen-bond acceptors (Lipinski definition) is 2. The largest absolute Gasteiger partial charge is 0.423 e. The van der Waals surface area contributed by atoms with Gasteiger partial charge in [0.15, 0.2) is 11.6 Å². The van der Waals surface area contributed by atoms with Crippen molar-refractivity contribution >= 4 is 5.97 Å². The van der Waals surface area contributed by atoms with Crippen molar-refractivity contribution < 1.29 is 18.3 Å². The summed E-state index contributed by atoms with van der Waals surface area (Å²) in [6.45, 7) is 2.20. The molecule has 2 aromatic carbocycles. The van der Waals surface area contributed by atoms with Gasteiger partial charge in [0.2, 0.25) is 0 Å². The average Bonchev–Trinajstić information content (AvgIpc) is 2.74. The molecule has 1 fully saturated rings. The number of unbranched alkanes of at least 4 members (excludes halogenated alkanes) is 1. The summed E-state index contributed by atoms with van der Waals surface area (Å²) in [6, 6.07) is 11.1. The first-order chi connectivity index (χ1) is 14.0. The molecule has 2 aromatic rings. The van der Waals surface area contributed by atoms with E-state index in [1.165, 1.54) is 37.5 Å². The Morgan fingerprint density at radius 2 is 1.62 bits per heavy atom. The molecule has 0 amide bonds.